The highest BCUT2D eigenvalue weighted by atomic mass is 19.4. The Labute approximate surface area is 197 Å². The first kappa shape index (κ1) is 24.1. The number of halogens is 3. The van der Waals surface area contributed by atoms with Crippen LogP contribution in [0.25, 0.3) is 10.9 Å². The van der Waals surface area contributed by atoms with Gasteiger partial charge in [-0.2, -0.15) is 4.98 Å². The van der Waals surface area contributed by atoms with Gasteiger partial charge in [0.1, 0.15) is 11.6 Å². The van der Waals surface area contributed by atoms with Gasteiger partial charge in [-0.3, -0.25) is 0 Å². The monoisotopic (exact) mass is 473 g/mol. The molecule has 34 heavy (non-hydrogen) atoms. The zero-order chi connectivity index (χ0) is 24.1. The minimum Gasteiger partial charge on any atom is -0.406 e. The number of fused-ring (bicyclic) bond motifs is 1. The lowest BCUT2D eigenvalue weighted by molar-refractivity contribution is -0.274. The average molecular weight is 474 g/mol. The highest BCUT2D eigenvalue weighted by molar-refractivity contribution is 5.90. The Morgan fingerprint density at radius 2 is 1.62 bits per heavy atom. The van der Waals surface area contributed by atoms with Crippen molar-refractivity contribution in [3.63, 3.8) is 0 Å². The molecule has 1 aromatic heterocycles. The van der Waals surface area contributed by atoms with Crippen LogP contribution in [-0.2, 0) is 6.42 Å². The molecule has 0 spiro atoms. The Kier molecular flexibility index (Phi) is 7.41. The van der Waals surface area contributed by atoms with E-state index in [1.54, 1.807) is 18.2 Å². The van der Waals surface area contributed by atoms with Gasteiger partial charge >= 0.3 is 6.36 Å². The molecule has 0 radical (unpaired) electrons. The minimum absolute atomic E-state index is 0.128. The van der Waals surface area contributed by atoms with Crippen molar-refractivity contribution in [2.75, 3.05) is 30.9 Å². The summed E-state index contributed by atoms with van der Waals surface area (Å²) in [5, 5.41) is 8.01. The van der Waals surface area contributed by atoms with Crippen molar-refractivity contribution in [3.05, 3.63) is 54.1 Å². The van der Waals surface area contributed by atoms with E-state index in [4.69, 9.17) is 9.97 Å². The highest BCUT2D eigenvalue weighted by Gasteiger charge is 2.32. The molecule has 1 heterocycles. The molecule has 4 rings (SSSR count). The molecule has 2 N–H and O–H groups in total. The predicted octanol–water partition coefficient (Wildman–Crippen LogP) is 5.15. The van der Waals surface area contributed by atoms with Gasteiger partial charge in [0.25, 0.3) is 0 Å². The van der Waals surface area contributed by atoms with E-state index in [-0.39, 0.29) is 11.8 Å². The maximum absolute atomic E-state index is 12.6. The van der Waals surface area contributed by atoms with Gasteiger partial charge < -0.3 is 20.3 Å². The summed E-state index contributed by atoms with van der Waals surface area (Å²) in [5.74, 6) is 1.40. The lowest BCUT2D eigenvalue weighted by Gasteiger charge is -2.30. The van der Waals surface area contributed by atoms with Gasteiger partial charge in [-0.05, 0) is 62.4 Å². The fourth-order valence-corrected chi connectivity index (χ4v) is 4.44. The topological polar surface area (TPSA) is 62.3 Å². The van der Waals surface area contributed by atoms with Crippen LogP contribution in [0.3, 0.4) is 0 Å². The third-order valence-corrected chi connectivity index (χ3v) is 6.09. The van der Waals surface area contributed by atoms with Gasteiger partial charge in [0.15, 0.2) is 0 Å². The lowest BCUT2D eigenvalue weighted by atomic mass is 9.91. The first-order chi connectivity index (χ1) is 16.3. The molecule has 0 amide bonds. The van der Waals surface area contributed by atoms with Crippen molar-refractivity contribution < 1.29 is 17.9 Å². The summed E-state index contributed by atoms with van der Waals surface area (Å²) in [7, 11) is 3.95. The molecule has 0 saturated heterocycles. The number of ether oxygens (including phenoxy) is 1. The fraction of sp³-hybridized carbons (Fsp3) is 0.440. The Morgan fingerprint density at radius 1 is 0.941 bits per heavy atom. The summed E-state index contributed by atoms with van der Waals surface area (Å²) in [6.45, 7) is 0.598. The largest absolute Gasteiger partial charge is 0.573 e. The Balaban J connectivity index is 1.28. The molecule has 0 unspecified atom stereocenters. The molecule has 182 valence electrons. The number of nitrogens with one attached hydrogen (secondary N) is 2. The normalized spacial score (nSPS) is 18.6. The molecular weight excluding hydrogens is 443 g/mol. The van der Waals surface area contributed by atoms with Crippen LogP contribution in [0.2, 0.25) is 0 Å². The number of aromatic nitrogens is 2. The zero-order valence-corrected chi connectivity index (χ0v) is 19.4. The first-order valence-electron chi connectivity index (χ1n) is 11.6. The number of rotatable bonds is 8. The predicted molar refractivity (Wildman–Crippen MR) is 128 cm³/mol. The smallest absolute Gasteiger partial charge is 0.406 e. The van der Waals surface area contributed by atoms with E-state index in [2.05, 4.69) is 15.4 Å². The molecule has 6 nitrogen and oxygen atoms in total. The average Bonchev–Trinajstić information content (AvgIpc) is 2.80. The van der Waals surface area contributed by atoms with Crippen molar-refractivity contribution in [3.8, 4) is 5.75 Å². The molecule has 0 atom stereocenters. The van der Waals surface area contributed by atoms with Crippen molar-refractivity contribution >= 4 is 22.7 Å². The number of hydrogen-bond acceptors (Lipinski definition) is 6. The lowest BCUT2D eigenvalue weighted by Crippen LogP contribution is -2.38. The van der Waals surface area contributed by atoms with Crippen molar-refractivity contribution in [2.45, 2.75) is 50.6 Å². The number of alkyl halides is 3. The first-order valence-corrected chi connectivity index (χ1v) is 11.6. The minimum atomic E-state index is -4.68. The molecule has 3 aromatic rings. The highest BCUT2D eigenvalue weighted by Crippen LogP contribution is 2.28. The molecule has 9 heteroatoms. The summed E-state index contributed by atoms with van der Waals surface area (Å²) < 4.78 is 42.0. The SMILES string of the molecule is CN(C)c1nc(NC2CCC(NCCc3ccccc3OC(F)(F)F)CC2)nc2ccccc12. The van der Waals surface area contributed by atoms with E-state index in [9.17, 15) is 13.2 Å². The summed E-state index contributed by atoms with van der Waals surface area (Å²) in [6.07, 6.45) is -0.309. The quantitative estimate of drug-likeness (QED) is 0.472. The summed E-state index contributed by atoms with van der Waals surface area (Å²) in [6, 6.07) is 14.9. The van der Waals surface area contributed by atoms with Gasteiger partial charge in [-0.1, -0.05) is 30.3 Å². The molecule has 2 aromatic carbocycles. The fourth-order valence-electron chi connectivity index (χ4n) is 4.44. The molecule has 1 aliphatic rings. The second-order valence-electron chi connectivity index (χ2n) is 8.83. The standard InChI is InChI=1S/C25H30F3N5O/c1-33(2)23-20-8-4-5-9-21(20)31-24(32-23)30-19-13-11-18(12-14-19)29-16-15-17-7-3-6-10-22(17)34-25(26,27)28/h3-10,18-19,29H,11-16H2,1-2H3,(H,30,31,32). The number of para-hydroxylation sites is 2. The molecule has 1 saturated carbocycles. The van der Waals surface area contributed by atoms with Gasteiger partial charge in [-0.15, -0.1) is 13.2 Å². The summed E-state index contributed by atoms with van der Waals surface area (Å²) in [5.41, 5.74) is 1.46. The van der Waals surface area contributed by atoms with Crippen LogP contribution < -0.4 is 20.3 Å². The van der Waals surface area contributed by atoms with Crippen LogP contribution in [0.15, 0.2) is 48.5 Å². The van der Waals surface area contributed by atoms with E-state index in [0.29, 0.717) is 30.5 Å². The Morgan fingerprint density at radius 3 is 2.35 bits per heavy atom. The third-order valence-electron chi connectivity index (χ3n) is 6.09. The number of hydrogen-bond donors (Lipinski definition) is 2. The van der Waals surface area contributed by atoms with Crippen molar-refractivity contribution in [1.29, 1.82) is 0 Å². The molecule has 0 bridgehead atoms. The van der Waals surface area contributed by atoms with E-state index >= 15 is 0 Å². The van der Waals surface area contributed by atoms with E-state index in [1.807, 2.05) is 43.3 Å². The van der Waals surface area contributed by atoms with E-state index in [1.165, 1.54) is 6.07 Å². The molecular formula is C25H30F3N5O. The Bertz CT molecular complexity index is 1100. The van der Waals surface area contributed by atoms with Gasteiger partial charge in [0.2, 0.25) is 5.95 Å². The van der Waals surface area contributed by atoms with E-state index in [0.717, 1.165) is 42.4 Å². The van der Waals surface area contributed by atoms with Crippen molar-refractivity contribution in [2.24, 2.45) is 0 Å². The van der Waals surface area contributed by atoms with Gasteiger partial charge in [-0.25, -0.2) is 4.98 Å². The number of nitrogens with zero attached hydrogens (tertiary/aromatic N) is 3. The maximum atomic E-state index is 12.6. The molecule has 1 aliphatic carbocycles. The molecule has 0 aliphatic heterocycles. The third kappa shape index (κ3) is 6.28. The maximum Gasteiger partial charge on any atom is 0.573 e. The number of anilines is 2. The summed E-state index contributed by atoms with van der Waals surface area (Å²) in [4.78, 5) is 11.4. The number of benzene rings is 2. The second kappa shape index (κ2) is 10.5. The zero-order valence-electron chi connectivity index (χ0n) is 19.4. The second-order valence-corrected chi connectivity index (χ2v) is 8.83. The van der Waals surface area contributed by atoms with Crippen LogP contribution in [0.4, 0.5) is 24.9 Å². The van der Waals surface area contributed by atoms with Crippen LogP contribution in [0.1, 0.15) is 31.2 Å². The van der Waals surface area contributed by atoms with Crippen LogP contribution in [0, 0.1) is 0 Å². The molecule has 1 fully saturated rings. The van der Waals surface area contributed by atoms with Crippen LogP contribution >= 0.6 is 0 Å². The van der Waals surface area contributed by atoms with Gasteiger partial charge in [0.05, 0.1) is 5.52 Å². The van der Waals surface area contributed by atoms with Gasteiger partial charge in [0, 0.05) is 31.6 Å². The Hall–Kier alpha value is -3.07. The van der Waals surface area contributed by atoms with Crippen molar-refractivity contribution in [1.82, 2.24) is 15.3 Å². The summed E-state index contributed by atoms with van der Waals surface area (Å²) >= 11 is 0. The van der Waals surface area contributed by atoms with Crippen LogP contribution in [-0.4, -0.2) is 49.1 Å². The van der Waals surface area contributed by atoms with Crippen LogP contribution in [0.5, 0.6) is 5.75 Å². The van der Waals surface area contributed by atoms with E-state index < -0.39 is 6.36 Å².